The first kappa shape index (κ1) is 36.6. The highest BCUT2D eigenvalue weighted by Gasteiger charge is 2.51. The molecule has 0 saturated heterocycles. The maximum absolute atomic E-state index is 14.2. The van der Waals surface area contributed by atoms with Crippen molar-refractivity contribution in [3.8, 4) is 0 Å². The van der Waals surface area contributed by atoms with Crippen LogP contribution in [0.3, 0.4) is 0 Å². The molecule has 0 fully saturated rings. The predicted octanol–water partition coefficient (Wildman–Crippen LogP) is 8.89. The molecule has 2 atom stereocenters. The normalized spacial score (nSPS) is 20.7. The summed E-state index contributed by atoms with van der Waals surface area (Å²) in [4.78, 5) is 3.64. The number of fused-ring (bicyclic) bond motifs is 2. The van der Waals surface area contributed by atoms with Gasteiger partial charge in [0.2, 0.25) is 5.90 Å². The number of hydrogen-bond donors (Lipinski definition) is 2. The quantitative estimate of drug-likeness (QED) is 0.145. The van der Waals surface area contributed by atoms with Crippen molar-refractivity contribution in [3.05, 3.63) is 78.5 Å². The van der Waals surface area contributed by atoms with Crippen molar-refractivity contribution in [2.24, 2.45) is 0 Å². The van der Waals surface area contributed by atoms with Crippen molar-refractivity contribution >= 4 is 58.5 Å². The summed E-state index contributed by atoms with van der Waals surface area (Å²) < 4.78 is 40.5. The summed E-state index contributed by atoms with van der Waals surface area (Å²) in [6, 6.07) is 6.38. The Morgan fingerprint density at radius 3 is 1.97 bits per heavy atom. The lowest BCUT2D eigenvalue weighted by Gasteiger charge is -2.26. The molecule has 2 N–H and O–H groups in total. The van der Waals surface area contributed by atoms with E-state index in [1.54, 1.807) is 13.0 Å². The number of nitrogens with zero attached hydrogens (tertiary/aromatic N) is 1. The van der Waals surface area contributed by atoms with Crippen LogP contribution in [0.5, 0.6) is 0 Å². The minimum atomic E-state index is -1.91. The van der Waals surface area contributed by atoms with Crippen molar-refractivity contribution < 1.29 is 23.1 Å². The summed E-state index contributed by atoms with van der Waals surface area (Å²) >= 11 is 6.50. The fourth-order valence-electron chi connectivity index (χ4n) is 4.65. The molecule has 0 aliphatic heterocycles. The summed E-state index contributed by atoms with van der Waals surface area (Å²) in [6.45, 7) is 15.5. The third kappa shape index (κ3) is 7.43. The van der Waals surface area contributed by atoms with Crippen molar-refractivity contribution in [2.75, 3.05) is 6.61 Å². The lowest BCUT2D eigenvalue weighted by Crippen LogP contribution is -2.37. The molecule has 0 spiro atoms. The van der Waals surface area contributed by atoms with Crippen LogP contribution in [-0.2, 0) is 33.3 Å². The lowest BCUT2D eigenvalue weighted by molar-refractivity contribution is 0.0750. The number of benzene rings is 2. The molecule has 11 heteroatoms. The van der Waals surface area contributed by atoms with Gasteiger partial charge in [-0.3, -0.25) is 10.3 Å². The van der Waals surface area contributed by atoms with Gasteiger partial charge < -0.3 is 14.3 Å². The van der Waals surface area contributed by atoms with E-state index in [0.717, 1.165) is 11.1 Å². The van der Waals surface area contributed by atoms with Gasteiger partial charge in [0.05, 0.1) is 13.0 Å². The molecule has 4 rings (SSSR count). The van der Waals surface area contributed by atoms with Crippen LogP contribution in [0.4, 0.5) is 8.78 Å². The molecular weight excluding hydrogens is 662 g/mol. The van der Waals surface area contributed by atoms with Gasteiger partial charge in [0.25, 0.3) is 0 Å². The molecule has 2 unspecified atom stereocenters. The van der Waals surface area contributed by atoms with Crippen molar-refractivity contribution in [1.82, 2.24) is 0 Å². The van der Waals surface area contributed by atoms with Crippen molar-refractivity contribution in [3.63, 3.8) is 0 Å². The number of rotatable bonds is 4. The van der Waals surface area contributed by atoms with E-state index in [9.17, 15) is 13.9 Å². The highest BCUT2D eigenvalue weighted by atomic mass is 79.9. The van der Waals surface area contributed by atoms with Gasteiger partial charge >= 0.3 is 5.72 Å². The highest BCUT2D eigenvalue weighted by Crippen LogP contribution is 2.45. The first-order chi connectivity index (χ1) is 16.3. The Morgan fingerprint density at radius 1 is 1.03 bits per heavy atom. The summed E-state index contributed by atoms with van der Waals surface area (Å²) in [7, 11) is -1.91. The van der Waals surface area contributed by atoms with Gasteiger partial charge in [0.15, 0.2) is 13.9 Å². The fourth-order valence-corrected chi connectivity index (χ4v) is 6.87. The number of aryl methyl sites for hydroxylation is 2. The van der Waals surface area contributed by atoms with E-state index in [-0.39, 0.29) is 57.6 Å². The SMILES string of the molecule is C.C.CCOC(=N)C1(O)CCc2cc(Br)cc(F)c21.Cl.[C-]#[N+]C1(O[Si](C)(C)C)CCc2cc(Br)cc(F)c21. The average Bonchev–Trinajstić information content (AvgIpc) is 3.27. The fraction of sp³-hybridized carbons (Fsp3) is 0.481. The molecular formula is C27H37Br2ClF2N2O3Si. The molecule has 212 valence electrons. The van der Waals surface area contributed by atoms with Gasteiger partial charge in [-0.25, -0.2) is 15.4 Å². The molecule has 2 aliphatic carbocycles. The molecule has 0 saturated carbocycles. The summed E-state index contributed by atoms with van der Waals surface area (Å²) in [5.41, 5.74) is -0.483. The first-order valence-electron chi connectivity index (χ1n) is 11.3. The molecule has 0 radical (unpaired) electrons. The molecule has 38 heavy (non-hydrogen) atoms. The molecule has 0 amide bonds. The van der Waals surface area contributed by atoms with Gasteiger partial charge in [-0.05, 0) is 81.2 Å². The van der Waals surface area contributed by atoms with Crippen LogP contribution < -0.4 is 0 Å². The van der Waals surface area contributed by atoms with E-state index in [1.165, 1.54) is 12.1 Å². The standard InChI is InChI=1S/C13H15BrFNOSi.C12H13BrFNO2.2CH4.ClH/c1-16-13(17-18(2,3)4)6-5-9-7-10(14)8-11(15)12(9)13;1-2-17-11(15)12(16)4-3-7-5-8(13)6-9(14)10(7)12;;;/h7-8H,5-6H2,2-4H3;5-6,15-16H,2-4H2,1H3;2*1H4;1H. The zero-order chi connectivity index (χ0) is 26.2. The Morgan fingerprint density at radius 2 is 1.50 bits per heavy atom. The second-order valence-electron chi connectivity index (χ2n) is 9.58. The van der Waals surface area contributed by atoms with Gasteiger partial charge in [0, 0.05) is 14.5 Å². The Balaban J connectivity index is 0.000000669. The molecule has 2 aliphatic rings. The molecule has 5 nitrogen and oxygen atoms in total. The van der Waals surface area contributed by atoms with E-state index in [2.05, 4.69) is 36.7 Å². The third-order valence-corrected chi connectivity index (χ3v) is 7.75. The summed E-state index contributed by atoms with van der Waals surface area (Å²) in [5, 5.41) is 18.1. The van der Waals surface area contributed by atoms with E-state index in [0.29, 0.717) is 33.8 Å². The monoisotopic (exact) mass is 696 g/mol. The van der Waals surface area contributed by atoms with E-state index in [1.807, 2.05) is 25.7 Å². The van der Waals surface area contributed by atoms with Crippen LogP contribution in [-0.4, -0.2) is 25.9 Å². The van der Waals surface area contributed by atoms with E-state index >= 15 is 0 Å². The van der Waals surface area contributed by atoms with Gasteiger partial charge in [-0.1, -0.05) is 46.7 Å². The van der Waals surface area contributed by atoms with Crippen LogP contribution in [0.1, 0.15) is 56.9 Å². The van der Waals surface area contributed by atoms with Crippen LogP contribution >= 0.6 is 44.3 Å². The largest absolute Gasteiger partial charge is 0.479 e. The molecule has 0 heterocycles. The topological polar surface area (TPSA) is 66.9 Å². The summed E-state index contributed by atoms with van der Waals surface area (Å²) in [5.74, 6) is -1.12. The minimum Gasteiger partial charge on any atom is -0.479 e. The number of ether oxygens (including phenoxy) is 1. The Labute approximate surface area is 249 Å². The second-order valence-corrected chi connectivity index (χ2v) is 15.8. The molecule has 0 aromatic heterocycles. The van der Waals surface area contributed by atoms with Crippen molar-refractivity contribution in [1.29, 1.82) is 5.41 Å². The maximum Gasteiger partial charge on any atom is 0.358 e. The Bertz CT molecular complexity index is 1210. The van der Waals surface area contributed by atoms with Crippen molar-refractivity contribution in [2.45, 2.75) is 78.4 Å². The van der Waals surface area contributed by atoms with Crippen LogP contribution in [0.25, 0.3) is 4.85 Å². The molecule has 0 bridgehead atoms. The van der Waals surface area contributed by atoms with E-state index < -0.39 is 25.5 Å². The first-order valence-corrected chi connectivity index (χ1v) is 16.3. The Hall–Kier alpha value is -1.35. The van der Waals surface area contributed by atoms with Crippen LogP contribution in [0, 0.1) is 23.6 Å². The predicted molar refractivity (Wildman–Crippen MR) is 162 cm³/mol. The maximum atomic E-state index is 14.2. The van der Waals surface area contributed by atoms with E-state index in [4.69, 9.17) is 21.1 Å². The zero-order valence-corrected chi connectivity index (χ0v) is 25.5. The molecule has 2 aromatic carbocycles. The highest BCUT2D eigenvalue weighted by molar-refractivity contribution is 9.10. The number of aliphatic hydroxyl groups is 1. The average molecular weight is 699 g/mol. The lowest BCUT2D eigenvalue weighted by atomic mass is 9.95. The Kier molecular flexibility index (Phi) is 13.3. The van der Waals surface area contributed by atoms with Crippen LogP contribution in [0.2, 0.25) is 19.6 Å². The number of hydrogen-bond acceptors (Lipinski definition) is 4. The zero-order valence-electron chi connectivity index (χ0n) is 20.5. The van der Waals surface area contributed by atoms with Gasteiger partial charge in [0.1, 0.15) is 17.2 Å². The van der Waals surface area contributed by atoms with Gasteiger partial charge in [-0.15, -0.1) is 12.4 Å². The minimum absolute atomic E-state index is 0. The second kappa shape index (κ2) is 13.8. The van der Waals surface area contributed by atoms with Crippen LogP contribution in [0.15, 0.2) is 33.2 Å². The summed E-state index contributed by atoms with van der Waals surface area (Å²) in [6.07, 6.45) is 2.06. The third-order valence-electron chi connectivity index (χ3n) is 5.89. The number of halogens is 5. The van der Waals surface area contributed by atoms with Gasteiger partial charge in [-0.2, -0.15) is 0 Å². The smallest absolute Gasteiger partial charge is 0.358 e. The number of nitrogens with one attached hydrogen (secondary N) is 1. The molecule has 2 aromatic rings.